The van der Waals surface area contributed by atoms with E-state index in [-0.39, 0.29) is 5.91 Å². The number of benzene rings is 2. The van der Waals surface area contributed by atoms with Crippen LogP contribution in [0.5, 0.6) is 0 Å². The van der Waals surface area contributed by atoms with Crippen LogP contribution in [-0.4, -0.2) is 41.4 Å². The summed E-state index contributed by atoms with van der Waals surface area (Å²) in [6.45, 7) is 3.17. The number of amides is 1. The Kier molecular flexibility index (Phi) is 8.78. The molecule has 3 N–H and O–H groups in total. The molecule has 0 saturated carbocycles. The molecule has 7 nitrogen and oxygen atoms in total. The summed E-state index contributed by atoms with van der Waals surface area (Å²) in [4.78, 5) is 24.1. The fraction of sp³-hybridized carbons (Fsp3) is 0.393. The average molecular weight is 507 g/mol. The van der Waals surface area contributed by atoms with Gasteiger partial charge in [0, 0.05) is 23.5 Å². The van der Waals surface area contributed by atoms with E-state index in [1.165, 1.54) is 5.56 Å². The van der Waals surface area contributed by atoms with Crippen LogP contribution in [-0.2, 0) is 17.6 Å². The Balaban J connectivity index is 1.58. The molecule has 4 rings (SSSR count). The van der Waals surface area contributed by atoms with Crippen LogP contribution in [0.4, 0.5) is 28.8 Å². The summed E-state index contributed by atoms with van der Waals surface area (Å²) in [5.74, 6) is 1.45. The van der Waals surface area contributed by atoms with E-state index in [0.29, 0.717) is 29.1 Å². The lowest BCUT2D eigenvalue weighted by atomic mass is 9.95. The molecule has 1 aliphatic rings. The quantitative estimate of drug-likeness (QED) is 0.327. The summed E-state index contributed by atoms with van der Waals surface area (Å²) in [5, 5.41) is 10.2. The Hall–Kier alpha value is -3.16. The number of hydrogen-bond acceptors (Lipinski definition) is 6. The maximum atomic E-state index is 13.1. The van der Waals surface area contributed by atoms with Crippen molar-refractivity contribution in [1.82, 2.24) is 14.9 Å². The lowest BCUT2D eigenvalue weighted by Crippen LogP contribution is -2.21. The van der Waals surface area contributed by atoms with Crippen LogP contribution in [0.15, 0.2) is 48.7 Å². The molecule has 2 heterocycles. The molecule has 3 aromatic rings. The standard InChI is InChI=1S/C28H35ClN6O/c1-4-6-19(13-14-35(2)3)16-26(36)33-25-12-11-23-17-21(25)10-9-20-7-5-8-22(15-20)32-28-30-18-24(29)27(31-23)34-28/h5,7-8,11-12,15,17-19H,4,6,9-10,13-14,16H2,1-3H3,(H,33,36)(H2,30,31,32,34). The maximum absolute atomic E-state index is 13.1. The first-order chi connectivity index (χ1) is 17.4. The first kappa shape index (κ1) is 25.9. The van der Waals surface area contributed by atoms with E-state index in [9.17, 15) is 4.79 Å². The van der Waals surface area contributed by atoms with Crippen LogP contribution in [0, 0.1) is 5.92 Å². The van der Waals surface area contributed by atoms with E-state index in [2.05, 4.69) is 70.0 Å². The summed E-state index contributed by atoms with van der Waals surface area (Å²) in [7, 11) is 4.15. The second-order valence-electron chi connectivity index (χ2n) is 9.71. The molecular weight excluding hydrogens is 472 g/mol. The minimum absolute atomic E-state index is 0.0711. The van der Waals surface area contributed by atoms with Gasteiger partial charge in [0.1, 0.15) is 5.02 Å². The van der Waals surface area contributed by atoms with E-state index in [1.54, 1.807) is 6.20 Å². The van der Waals surface area contributed by atoms with Gasteiger partial charge >= 0.3 is 0 Å². The highest BCUT2D eigenvalue weighted by Gasteiger charge is 2.16. The van der Waals surface area contributed by atoms with Crippen molar-refractivity contribution in [2.24, 2.45) is 5.92 Å². The first-order valence-electron chi connectivity index (χ1n) is 12.6. The Morgan fingerprint density at radius 2 is 1.94 bits per heavy atom. The summed E-state index contributed by atoms with van der Waals surface area (Å²) in [5.41, 5.74) is 4.88. The van der Waals surface area contributed by atoms with Gasteiger partial charge in [-0.3, -0.25) is 4.79 Å². The van der Waals surface area contributed by atoms with E-state index in [0.717, 1.165) is 61.3 Å². The molecule has 1 atom stereocenters. The third-order valence-corrected chi connectivity index (χ3v) is 6.68. The van der Waals surface area contributed by atoms with Crippen molar-refractivity contribution in [1.29, 1.82) is 0 Å². The van der Waals surface area contributed by atoms with Gasteiger partial charge in [0.05, 0.1) is 6.20 Å². The number of hydrogen-bond donors (Lipinski definition) is 3. The monoisotopic (exact) mass is 506 g/mol. The van der Waals surface area contributed by atoms with Crippen molar-refractivity contribution in [2.45, 2.75) is 45.4 Å². The lowest BCUT2D eigenvalue weighted by molar-refractivity contribution is -0.117. The summed E-state index contributed by atoms with van der Waals surface area (Å²) < 4.78 is 0. The zero-order chi connectivity index (χ0) is 25.5. The molecule has 1 aliphatic heterocycles. The fourth-order valence-electron chi connectivity index (χ4n) is 4.53. The molecule has 1 amide bonds. The van der Waals surface area contributed by atoms with Gasteiger partial charge in [-0.2, -0.15) is 4.98 Å². The van der Waals surface area contributed by atoms with Crippen molar-refractivity contribution in [3.8, 4) is 0 Å². The number of halogens is 1. The van der Waals surface area contributed by atoms with Crippen molar-refractivity contribution in [2.75, 3.05) is 36.6 Å². The fourth-order valence-corrected chi connectivity index (χ4v) is 4.66. The van der Waals surface area contributed by atoms with E-state index < -0.39 is 0 Å². The highest BCUT2D eigenvalue weighted by Crippen LogP contribution is 2.30. The molecule has 0 saturated heterocycles. The number of aromatic nitrogens is 2. The summed E-state index contributed by atoms with van der Waals surface area (Å²) in [6.07, 6.45) is 6.90. The molecule has 1 unspecified atom stereocenters. The number of carbonyl (C=O) groups excluding carboxylic acids is 1. The zero-order valence-corrected chi connectivity index (χ0v) is 22.0. The van der Waals surface area contributed by atoms with Gasteiger partial charge in [-0.15, -0.1) is 0 Å². The predicted molar refractivity (Wildman–Crippen MR) is 149 cm³/mol. The second-order valence-corrected chi connectivity index (χ2v) is 10.1. The number of nitrogens with one attached hydrogen (secondary N) is 3. The van der Waals surface area contributed by atoms with Crippen LogP contribution in [0.2, 0.25) is 5.02 Å². The third kappa shape index (κ3) is 7.18. The molecule has 0 spiro atoms. The number of aryl methyl sites for hydroxylation is 2. The van der Waals surface area contributed by atoms with Gasteiger partial charge in [0.25, 0.3) is 0 Å². The van der Waals surface area contributed by atoms with Crippen molar-refractivity contribution >= 4 is 46.3 Å². The van der Waals surface area contributed by atoms with Crippen molar-refractivity contribution in [3.05, 3.63) is 64.8 Å². The van der Waals surface area contributed by atoms with E-state index >= 15 is 0 Å². The van der Waals surface area contributed by atoms with Gasteiger partial charge in [0.15, 0.2) is 5.82 Å². The molecule has 36 heavy (non-hydrogen) atoms. The lowest BCUT2D eigenvalue weighted by Gasteiger charge is -2.19. The molecule has 0 fully saturated rings. The van der Waals surface area contributed by atoms with E-state index in [4.69, 9.17) is 11.6 Å². The SMILES string of the molecule is CCCC(CCN(C)C)CC(=O)Nc1ccc2cc1CCc1cccc(c1)Nc1ncc(Cl)c(n1)N2. The van der Waals surface area contributed by atoms with E-state index in [1.807, 2.05) is 24.3 Å². The largest absolute Gasteiger partial charge is 0.339 e. The highest BCUT2D eigenvalue weighted by molar-refractivity contribution is 6.32. The molecule has 0 radical (unpaired) electrons. The van der Waals surface area contributed by atoms with Crippen molar-refractivity contribution in [3.63, 3.8) is 0 Å². The molecular formula is C28H35ClN6O. The topological polar surface area (TPSA) is 82.2 Å². The molecule has 190 valence electrons. The molecule has 8 heteroatoms. The number of anilines is 5. The summed E-state index contributed by atoms with van der Waals surface area (Å²) >= 11 is 6.38. The van der Waals surface area contributed by atoms with Gasteiger partial charge in [-0.05, 0) is 87.3 Å². The zero-order valence-electron chi connectivity index (χ0n) is 21.3. The van der Waals surface area contributed by atoms with Crippen LogP contribution in [0.3, 0.4) is 0 Å². The third-order valence-electron chi connectivity index (χ3n) is 6.41. The molecule has 0 aliphatic carbocycles. The smallest absolute Gasteiger partial charge is 0.229 e. The highest BCUT2D eigenvalue weighted by atomic mass is 35.5. The van der Waals surface area contributed by atoms with Gasteiger partial charge in [-0.25, -0.2) is 4.98 Å². The number of carbonyl (C=O) groups is 1. The van der Waals surface area contributed by atoms with Crippen LogP contribution in [0.1, 0.15) is 43.7 Å². The number of nitrogens with zero attached hydrogens (tertiary/aromatic N) is 3. The van der Waals surface area contributed by atoms with Gasteiger partial charge in [-0.1, -0.05) is 43.5 Å². The van der Waals surface area contributed by atoms with Gasteiger partial charge in [0.2, 0.25) is 11.9 Å². The average Bonchev–Trinajstić information content (AvgIpc) is 2.85. The number of fused-ring (bicyclic) bond motifs is 6. The molecule has 1 aromatic heterocycles. The first-order valence-corrected chi connectivity index (χ1v) is 13.0. The molecule has 2 aromatic carbocycles. The van der Waals surface area contributed by atoms with Crippen molar-refractivity contribution < 1.29 is 4.79 Å². The van der Waals surface area contributed by atoms with Crippen LogP contribution >= 0.6 is 11.6 Å². The van der Waals surface area contributed by atoms with Gasteiger partial charge < -0.3 is 20.9 Å². The normalized spacial score (nSPS) is 13.5. The Morgan fingerprint density at radius 3 is 2.75 bits per heavy atom. The van der Waals surface area contributed by atoms with Crippen LogP contribution < -0.4 is 16.0 Å². The Labute approximate surface area is 218 Å². The Bertz CT molecular complexity index is 1200. The maximum Gasteiger partial charge on any atom is 0.229 e. The minimum atomic E-state index is 0.0711. The Morgan fingerprint density at radius 1 is 1.11 bits per heavy atom. The molecule has 6 bridgehead atoms. The summed E-state index contributed by atoms with van der Waals surface area (Å²) in [6, 6.07) is 14.2. The van der Waals surface area contributed by atoms with Crippen LogP contribution in [0.25, 0.3) is 0 Å². The predicted octanol–water partition coefficient (Wildman–Crippen LogP) is 6.41. The number of rotatable bonds is 8. The minimum Gasteiger partial charge on any atom is -0.339 e. The second kappa shape index (κ2) is 12.2.